The lowest BCUT2D eigenvalue weighted by molar-refractivity contribution is 0.171. The maximum atomic E-state index is 5.48. The Morgan fingerprint density at radius 3 is 2.69 bits per heavy atom. The van der Waals surface area contributed by atoms with E-state index < -0.39 is 0 Å². The van der Waals surface area contributed by atoms with Gasteiger partial charge in [-0.25, -0.2) is 4.99 Å². The van der Waals surface area contributed by atoms with E-state index in [1.54, 1.807) is 6.92 Å². The minimum atomic E-state index is 0. The zero-order valence-corrected chi connectivity index (χ0v) is 19.1. The fraction of sp³-hybridized carbons (Fsp3) is 0.526. The van der Waals surface area contributed by atoms with Gasteiger partial charge in [-0.3, -0.25) is 4.90 Å². The molecule has 0 unspecified atom stereocenters. The summed E-state index contributed by atoms with van der Waals surface area (Å²) in [6, 6.07) is 6.18. The highest BCUT2D eigenvalue weighted by Crippen LogP contribution is 2.32. The molecule has 1 fully saturated rings. The van der Waals surface area contributed by atoms with Crippen LogP contribution in [-0.4, -0.2) is 65.4 Å². The van der Waals surface area contributed by atoms with Crippen molar-refractivity contribution >= 4 is 29.9 Å². The van der Waals surface area contributed by atoms with Gasteiger partial charge in [-0.1, -0.05) is 11.2 Å². The number of halogens is 1. The molecular weight excluding hydrogens is 487 g/mol. The zero-order valence-electron chi connectivity index (χ0n) is 16.8. The minimum Gasteiger partial charge on any atom is -0.454 e. The third-order valence-electron chi connectivity index (χ3n) is 4.79. The highest BCUT2D eigenvalue weighted by molar-refractivity contribution is 14.0. The molecule has 3 heterocycles. The van der Waals surface area contributed by atoms with Crippen LogP contribution < -0.4 is 14.8 Å². The number of hydrogen-bond donors (Lipinski definition) is 1. The van der Waals surface area contributed by atoms with Crippen LogP contribution in [0.15, 0.2) is 27.7 Å². The number of piperazine rings is 1. The number of hydrogen-bond acceptors (Lipinski definition) is 7. The van der Waals surface area contributed by atoms with Crippen LogP contribution in [0.5, 0.6) is 11.5 Å². The maximum absolute atomic E-state index is 5.48. The number of aromatic nitrogens is 2. The van der Waals surface area contributed by atoms with Crippen molar-refractivity contribution in [3.8, 4) is 11.5 Å². The number of ether oxygens (including phenoxy) is 2. The van der Waals surface area contributed by atoms with Gasteiger partial charge in [0.25, 0.3) is 0 Å². The second-order valence-corrected chi connectivity index (χ2v) is 6.85. The number of fused-ring (bicyclic) bond motifs is 1. The van der Waals surface area contributed by atoms with Crippen molar-refractivity contribution in [2.45, 2.75) is 26.9 Å². The average molecular weight is 514 g/mol. The van der Waals surface area contributed by atoms with Crippen molar-refractivity contribution < 1.29 is 14.0 Å². The van der Waals surface area contributed by atoms with Crippen LogP contribution in [0.3, 0.4) is 0 Å². The molecule has 0 saturated carbocycles. The Morgan fingerprint density at radius 1 is 1.17 bits per heavy atom. The first-order chi connectivity index (χ1) is 13.7. The summed E-state index contributed by atoms with van der Waals surface area (Å²) in [7, 11) is 0. The Labute approximate surface area is 187 Å². The van der Waals surface area contributed by atoms with E-state index in [4.69, 9.17) is 14.0 Å². The number of benzene rings is 1. The molecule has 0 spiro atoms. The molecule has 1 aromatic heterocycles. The maximum Gasteiger partial charge on any atom is 0.231 e. The first-order valence-electron chi connectivity index (χ1n) is 9.64. The first kappa shape index (κ1) is 21.6. The molecule has 1 saturated heterocycles. The fourth-order valence-electron chi connectivity index (χ4n) is 3.39. The number of nitrogens with one attached hydrogen (secondary N) is 1. The third-order valence-corrected chi connectivity index (χ3v) is 4.79. The fourth-order valence-corrected chi connectivity index (χ4v) is 3.39. The summed E-state index contributed by atoms with van der Waals surface area (Å²) in [4.78, 5) is 13.6. The lowest BCUT2D eigenvalue weighted by Crippen LogP contribution is -2.52. The Kier molecular flexibility index (Phi) is 7.53. The Morgan fingerprint density at radius 2 is 1.97 bits per heavy atom. The Balaban J connectivity index is 0.00000240. The first-order valence-corrected chi connectivity index (χ1v) is 9.64. The molecule has 1 N–H and O–H groups in total. The van der Waals surface area contributed by atoms with E-state index in [1.807, 2.05) is 6.07 Å². The van der Waals surface area contributed by atoms with Gasteiger partial charge < -0.3 is 24.2 Å². The van der Waals surface area contributed by atoms with E-state index >= 15 is 0 Å². The second-order valence-electron chi connectivity index (χ2n) is 6.85. The van der Waals surface area contributed by atoms with Gasteiger partial charge in [0.1, 0.15) is 6.54 Å². The van der Waals surface area contributed by atoms with Gasteiger partial charge in [0.15, 0.2) is 23.3 Å². The molecule has 4 rings (SSSR count). The van der Waals surface area contributed by atoms with E-state index in [-0.39, 0.29) is 24.0 Å². The van der Waals surface area contributed by atoms with Gasteiger partial charge in [0.2, 0.25) is 12.7 Å². The van der Waals surface area contributed by atoms with Gasteiger partial charge >= 0.3 is 0 Å². The van der Waals surface area contributed by atoms with Gasteiger partial charge in [-0.15, -0.1) is 24.0 Å². The molecule has 158 valence electrons. The quantitative estimate of drug-likeness (QED) is 0.369. The normalized spacial score (nSPS) is 16.6. The van der Waals surface area contributed by atoms with Crippen LogP contribution in [0.4, 0.5) is 0 Å². The topological polar surface area (TPSA) is 88.2 Å². The number of guanidine groups is 1. The van der Waals surface area contributed by atoms with Gasteiger partial charge in [0, 0.05) is 46.2 Å². The molecule has 2 aliphatic rings. The monoisotopic (exact) mass is 514 g/mol. The van der Waals surface area contributed by atoms with Gasteiger partial charge in [-0.2, -0.15) is 4.98 Å². The minimum absolute atomic E-state index is 0. The summed E-state index contributed by atoms with van der Waals surface area (Å²) in [5.74, 6) is 3.74. The van der Waals surface area contributed by atoms with E-state index in [2.05, 4.69) is 49.3 Å². The predicted octanol–water partition coefficient (Wildman–Crippen LogP) is 2.01. The van der Waals surface area contributed by atoms with Crippen molar-refractivity contribution in [3.05, 3.63) is 35.5 Å². The molecule has 2 aromatic rings. The van der Waals surface area contributed by atoms with Crippen molar-refractivity contribution in [3.63, 3.8) is 0 Å². The number of nitrogens with zero attached hydrogens (tertiary/aromatic N) is 5. The second kappa shape index (κ2) is 10.1. The number of aryl methyl sites for hydroxylation is 1. The Bertz CT molecular complexity index is 835. The molecule has 29 heavy (non-hydrogen) atoms. The van der Waals surface area contributed by atoms with Crippen LogP contribution in [-0.2, 0) is 13.1 Å². The lowest BCUT2D eigenvalue weighted by atomic mass is 10.1. The van der Waals surface area contributed by atoms with Crippen LogP contribution in [0.2, 0.25) is 0 Å². The number of rotatable bonds is 5. The number of aliphatic imine (C=N–C) groups is 1. The zero-order chi connectivity index (χ0) is 19.3. The van der Waals surface area contributed by atoms with Crippen molar-refractivity contribution in [2.75, 3.05) is 39.5 Å². The SMILES string of the molecule is CCNC(=NCc1noc(C)n1)N1CCN(Cc2ccc3c(c2)OCO3)CC1.I. The van der Waals surface area contributed by atoms with Crippen LogP contribution in [0.25, 0.3) is 0 Å². The van der Waals surface area contributed by atoms with E-state index in [0.717, 1.165) is 56.7 Å². The average Bonchev–Trinajstić information content (AvgIpc) is 3.34. The summed E-state index contributed by atoms with van der Waals surface area (Å²) < 4.78 is 15.9. The van der Waals surface area contributed by atoms with E-state index in [1.165, 1.54) is 5.56 Å². The van der Waals surface area contributed by atoms with Crippen LogP contribution in [0.1, 0.15) is 24.2 Å². The molecular formula is C19H27IN6O3. The molecule has 10 heteroatoms. The smallest absolute Gasteiger partial charge is 0.231 e. The Hall–Kier alpha value is -2.08. The van der Waals surface area contributed by atoms with Crippen LogP contribution >= 0.6 is 24.0 Å². The summed E-state index contributed by atoms with van der Waals surface area (Å²) in [5, 5.41) is 7.27. The molecule has 2 aliphatic heterocycles. The lowest BCUT2D eigenvalue weighted by Gasteiger charge is -2.36. The van der Waals surface area contributed by atoms with Crippen molar-refractivity contribution in [2.24, 2.45) is 4.99 Å². The molecule has 0 atom stereocenters. The standard InChI is InChI=1S/C19H26N6O3.HI/c1-3-20-19(21-11-18-22-14(2)28-23-18)25-8-6-24(7-9-25)12-15-4-5-16-17(10-15)27-13-26-16;/h4-5,10H,3,6-9,11-13H2,1-2H3,(H,20,21);1H. The van der Waals surface area contributed by atoms with E-state index in [9.17, 15) is 0 Å². The molecule has 0 bridgehead atoms. The highest BCUT2D eigenvalue weighted by atomic mass is 127. The summed E-state index contributed by atoms with van der Waals surface area (Å²) >= 11 is 0. The molecule has 0 aliphatic carbocycles. The van der Waals surface area contributed by atoms with Crippen molar-refractivity contribution in [1.82, 2.24) is 25.3 Å². The third kappa shape index (κ3) is 5.50. The van der Waals surface area contributed by atoms with Crippen molar-refractivity contribution in [1.29, 1.82) is 0 Å². The summed E-state index contributed by atoms with van der Waals surface area (Å²) in [5.41, 5.74) is 1.24. The predicted molar refractivity (Wildman–Crippen MR) is 119 cm³/mol. The van der Waals surface area contributed by atoms with Gasteiger partial charge in [0.05, 0.1) is 0 Å². The molecule has 1 aromatic carbocycles. The summed E-state index contributed by atoms with van der Waals surface area (Å²) in [6.45, 7) is 10.1. The van der Waals surface area contributed by atoms with Gasteiger partial charge in [-0.05, 0) is 24.6 Å². The molecule has 0 amide bonds. The van der Waals surface area contributed by atoms with Crippen LogP contribution in [0, 0.1) is 6.92 Å². The van der Waals surface area contributed by atoms with E-state index in [0.29, 0.717) is 25.1 Å². The highest BCUT2D eigenvalue weighted by Gasteiger charge is 2.21. The molecule has 0 radical (unpaired) electrons. The molecule has 9 nitrogen and oxygen atoms in total. The summed E-state index contributed by atoms with van der Waals surface area (Å²) in [6.07, 6.45) is 0. The largest absolute Gasteiger partial charge is 0.454 e.